The largest absolute Gasteiger partial charge is 0.345 e. The first-order valence-electron chi connectivity index (χ1n) is 6.32. The van der Waals surface area contributed by atoms with Crippen LogP contribution in [0.4, 0.5) is 10.2 Å². The minimum Gasteiger partial charge on any atom is -0.345 e. The van der Waals surface area contributed by atoms with Gasteiger partial charge in [-0.3, -0.25) is 0 Å². The molecular formula is C13H16FN5. The summed E-state index contributed by atoms with van der Waals surface area (Å²) in [4.78, 5) is 10.4. The molecule has 1 aliphatic heterocycles. The summed E-state index contributed by atoms with van der Waals surface area (Å²) >= 11 is 0. The van der Waals surface area contributed by atoms with Crippen LogP contribution in [-0.2, 0) is 19.6 Å². The molecule has 5 nitrogen and oxygen atoms in total. The fourth-order valence-corrected chi connectivity index (χ4v) is 2.37. The van der Waals surface area contributed by atoms with Crippen LogP contribution >= 0.6 is 0 Å². The normalized spacial score (nSPS) is 14.5. The van der Waals surface area contributed by atoms with Crippen molar-refractivity contribution in [2.75, 3.05) is 18.5 Å². The average Bonchev–Trinajstić information content (AvgIpc) is 2.88. The van der Waals surface area contributed by atoms with E-state index >= 15 is 0 Å². The van der Waals surface area contributed by atoms with Crippen molar-refractivity contribution in [3.8, 4) is 0 Å². The molecule has 1 aliphatic rings. The molecule has 0 aromatic carbocycles. The maximum absolute atomic E-state index is 14.4. The first kappa shape index (κ1) is 12.1. The Balaban J connectivity index is 1.89. The van der Waals surface area contributed by atoms with Gasteiger partial charge in [0.1, 0.15) is 5.82 Å². The molecule has 0 saturated heterocycles. The van der Waals surface area contributed by atoms with Gasteiger partial charge in [-0.15, -0.1) is 0 Å². The fraction of sp³-hybridized carbons (Fsp3) is 0.385. The molecule has 0 radical (unpaired) electrons. The van der Waals surface area contributed by atoms with Crippen molar-refractivity contribution < 1.29 is 4.39 Å². The van der Waals surface area contributed by atoms with E-state index in [1.54, 1.807) is 25.5 Å². The van der Waals surface area contributed by atoms with Crippen LogP contribution in [0.3, 0.4) is 0 Å². The third kappa shape index (κ3) is 2.19. The molecule has 19 heavy (non-hydrogen) atoms. The Hall–Kier alpha value is -1.95. The summed E-state index contributed by atoms with van der Waals surface area (Å²) in [6, 6.07) is 1.71. The third-order valence-corrected chi connectivity index (χ3v) is 3.36. The average molecular weight is 261 g/mol. The molecule has 1 N–H and O–H groups in total. The van der Waals surface area contributed by atoms with Crippen molar-refractivity contribution in [2.24, 2.45) is 0 Å². The van der Waals surface area contributed by atoms with Crippen molar-refractivity contribution >= 4 is 5.82 Å². The van der Waals surface area contributed by atoms with Gasteiger partial charge in [0, 0.05) is 43.8 Å². The lowest BCUT2D eigenvalue weighted by Crippen LogP contribution is -2.35. The molecule has 0 atom stereocenters. The predicted molar refractivity (Wildman–Crippen MR) is 70.2 cm³/mol. The summed E-state index contributed by atoms with van der Waals surface area (Å²) in [7, 11) is 1.80. The van der Waals surface area contributed by atoms with Gasteiger partial charge in [0.2, 0.25) is 0 Å². The van der Waals surface area contributed by atoms with E-state index in [1.807, 2.05) is 11.1 Å². The summed E-state index contributed by atoms with van der Waals surface area (Å²) in [5.41, 5.74) is 0.640. The lowest BCUT2D eigenvalue weighted by molar-refractivity contribution is 0.532. The van der Waals surface area contributed by atoms with Gasteiger partial charge in [-0.05, 0) is 13.1 Å². The van der Waals surface area contributed by atoms with Gasteiger partial charge < -0.3 is 14.8 Å². The third-order valence-electron chi connectivity index (χ3n) is 3.36. The highest BCUT2D eigenvalue weighted by Crippen LogP contribution is 2.23. The van der Waals surface area contributed by atoms with Crippen LogP contribution in [0, 0.1) is 5.82 Å². The van der Waals surface area contributed by atoms with Crippen LogP contribution in [0.1, 0.15) is 11.4 Å². The van der Waals surface area contributed by atoms with E-state index in [9.17, 15) is 4.39 Å². The Morgan fingerprint density at radius 2 is 2.21 bits per heavy atom. The number of imidazole rings is 1. The summed E-state index contributed by atoms with van der Waals surface area (Å²) in [5.74, 6) is 1.13. The van der Waals surface area contributed by atoms with Gasteiger partial charge >= 0.3 is 0 Å². The van der Waals surface area contributed by atoms with Crippen LogP contribution in [0.25, 0.3) is 0 Å². The number of halogens is 1. The van der Waals surface area contributed by atoms with Gasteiger partial charge in [0.15, 0.2) is 11.6 Å². The smallest absolute Gasteiger partial charge is 0.170 e. The molecule has 0 amide bonds. The zero-order valence-corrected chi connectivity index (χ0v) is 10.8. The van der Waals surface area contributed by atoms with E-state index in [0.717, 1.165) is 18.9 Å². The number of aromatic nitrogens is 3. The fourth-order valence-electron chi connectivity index (χ4n) is 2.37. The Bertz CT molecular complexity index is 580. The molecule has 0 aliphatic carbocycles. The first-order chi connectivity index (χ1) is 9.29. The van der Waals surface area contributed by atoms with Gasteiger partial charge in [0.25, 0.3) is 0 Å². The highest BCUT2D eigenvalue weighted by molar-refractivity contribution is 5.43. The molecular weight excluding hydrogens is 245 g/mol. The van der Waals surface area contributed by atoms with Gasteiger partial charge in [-0.2, -0.15) is 0 Å². The number of hydrogen-bond donors (Lipinski definition) is 1. The van der Waals surface area contributed by atoms with E-state index in [1.165, 1.54) is 0 Å². The van der Waals surface area contributed by atoms with Crippen LogP contribution in [0.15, 0.2) is 24.7 Å². The molecule has 3 rings (SSSR count). The molecule has 0 spiro atoms. The van der Waals surface area contributed by atoms with E-state index in [-0.39, 0.29) is 5.82 Å². The van der Waals surface area contributed by atoms with Crippen molar-refractivity contribution in [3.63, 3.8) is 0 Å². The molecule has 3 heterocycles. The number of anilines is 1. The maximum atomic E-state index is 14.4. The van der Waals surface area contributed by atoms with Crippen molar-refractivity contribution in [3.05, 3.63) is 41.9 Å². The lowest BCUT2D eigenvalue weighted by Gasteiger charge is -2.29. The number of rotatable bonds is 3. The molecule has 0 unspecified atom stereocenters. The number of pyridine rings is 1. The van der Waals surface area contributed by atoms with Crippen molar-refractivity contribution in [1.29, 1.82) is 0 Å². The molecule has 0 fully saturated rings. The van der Waals surface area contributed by atoms with Gasteiger partial charge in [-0.25, -0.2) is 14.4 Å². The predicted octanol–water partition coefficient (Wildman–Crippen LogP) is 1.16. The Morgan fingerprint density at radius 3 is 3.05 bits per heavy atom. The standard InChI is InChI=1S/C13H16FN5/c1-15-8-10-2-3-17-13(12(10)14)19-7-6-18-5-4-16-11(18)9-19/h2-5,15H,6-9H2,1H3. The van der Waals surface area contributed by atoms with Crippen LogP contribution in [-0.4, -0.2) is 28.1 Å². The lowest BCUT2D eigenvalue weighted by atomic mass is 10.2. The van der Waals surface area contributed by atoms with Gasteiger partial charge in [-0.1, -0.05) is 0 Å². The summed E-state index contributed by atoms with van der Waals surface area (Å²) < 4.78 is 16.5. The highest BCUT2D eigenvalue weighted by atomic mass is 19.1. The van der Waals surface area contributed by atoms with Crippen LogP contribution in [0.5, 0.6) is 0 Å². The Morgan fingerprint density at radius 1 is 1.32 bits per heavy atom. The highest BCUT2D eigenvalue weighted by Gasteiger charge is 2.21. The minimum absolute atomic E-state index is 0.239. The minimum atomic E-state index is -0.239. The van der Waals surface area contributed by atoms with Crippen molar-refractivity contribution in [2.45, 2.75) is 19.6 Å². The van der Waals surface area contributed by atoms with E-state index in [4.69, 9.17) is 0 Å². The molecule has 0 bridgehead atoms. The second-order valence-corrected chi connectivity index (χ2v) is 4.60. The van der Waals surface area contributed by atoms with Gasteiger partial charge in [0.05, 0.1) is 6.54 Å². The summed E-state index contributed by atoms with van der Waals surface area (Å²) in [6.45, 7) is 2.66. The SMILES string of the molecule is CNCc1ccnc(N2CCn3ccnc3C2)c1F. The van der Waals surface area contributed by atoms with Crippen molar-refractivity contribution in [1.82, 2.24) is 19.9 Å². The molecule has 2 aromatic heterocycles. The first-order valence-corrected chi connectivity index (χ1v) is 6.32. The van der Waals surface area contributed by atoms with E-state index in [0.29, 0.717) is 24.5 Å². The molecule has 6 heteroatoms. The second-order valence-electron chi connectivity index (χ2n) is 4.60. The van der Waals surface area contributed by atoms with E-state index in [2.05, 4.69) is 19.9 Å². The molecule has 0 saturated carbocycles. The Labute approximate surface area is 111 Å². The van der Waals surface area contributed by atoms with E-state index < -0.39 is 0 Å². The number of nitrogens with zero attached hydrogens (tertiary/aromatic N) is 4. The van der Waals surface area contributed by atoms with Crippen LogP contribution in [0.2, 0.25) is 0 Å². The zero-order valence-electron chi connectivity index (χ0n) is 10.8. The topological polar surface area (TPSA) is 46.0 Å². The monoisotopic (exact) mass is 261 g/mol. The zero-order chi connectivity index (χ0) is 13.2. The quantitative estimate of drug-likeness (QED) is 0.900. The molecule has 100 valence electrons. The number of fused-ring (bicyclic) bond motifs is 1. The Kier molecular flexibility index (Phi) is 3.16. The number of nitrogens with one attached hydrogen (secondary N) is 1. The molecule has 2 aromatic rings. The summed E-state index contributed by atoms with van der Waals surface area (Å²) in [6.07, 6.45) is 5.39. The number of hydrogen-bond acceptors (Lipinski definition) is 4. The maximum Gasteiger partial charge on any atom is 0.170 e. The second kappa shape index (κ2) is 4.97. The van der Waals surface area contributed by atoms with Crippen LogP contribution < -0.4 is 10.2 Å². The summed E-state index contributed by atoms with van der Waals surface area (Å²) in [5, 5.41) is 2.96.